The molecule has 2 nitrogen and oxygen atoms in total. The highest BCUT2D eigenvalue weighted by Crippen LogP contribution is 2.70. The van der Waals surface area contributed by atoms with Crippen molar-refractivity contribution in [2.45, 2.75) is 25.3 Å². The molecule has 0 aromatic heterocycles. The van der Waals surface area contributed by atoms with Gasteiger partial charge >= 0.3 is 0 Å². The van der Waals surface area contributed by atoms with Crippen LogP contribution in [0, 0.1) is 29.6 Å². The Bertz CT molecular complexity index is 214. The Labute approximate surface area is 86.4 Å². The van der Waals surface area contributed by atoms with Crippen molar-refractivity contribution >= 4 is 0 Å². The lowest BCUT2D eigenvalue weighted by molar-refractivity contribution is 0.152. The summed E-state index contributed by atoms with van der Waals surface area (Å²) in [6.45, 7) is 0.896. The van der Waals surface area contributed by atoms with Gasteiger partial charge in [-0.25, -0.2) is 0 Å². The van der Waals surface area contributed by atoms with E-state index in [2.05, 4.69) is 12.4 Å². The topological polar surface area (TPSA) is 21.3 Å². The first-order chi connectivity index (χ1) is 6.86. The minimum atomic E-state index is 0.624. The van der Waals surface area contributed by atoms with Crippen molar-refractivity contribution in [2.75, 3.05) is 20.8 Å². The minimum absolute atomic E-state index is 0.624. The molecule has 14 heavy (non-hydrogen) atoms. The van der Waals surface area contributed by atoms with E-state index in [0.29, 0.717) is 6.04 Å². The van der Waals surface area contributed by atoms with Gasteiger partial charge in [-0.2, -0.15) is 0 Å². The van der Waals surface area contributed by atoms with Crippen LogP contribution in [0.1, 0.15) is 19.3 Å². The number of ether oxygens (including phenoxy) is 1. The second-order valence-corrected chi connectivity index (χ2v) is 5.42. The third-order valence-electron chi connectivity index (χ3n) is 4.98. The van der Waals surface area contributed by atoms with E-state index in [0.717, 1.165) is 36.2 Å². The van der Waals surface area contributed by atoms with Crippen molar-refractivity contribution in [3.05, 3.63) is 0 Å². The van der Waals surface area contributed by atoms with Crippen LogP contribution in [0.15, 0.2) is 0 Å². The van der Waals surface area contributed by atoms with Crippen molar-refractivity contribution in [3.8, 4) is 0 Å². The molecule has 3 rings (SSSR count). The maximum Gasteiger partial charge on any atom is 0.0618 e. The first-order valence-corrected chi connectivity index (χ1v) is 6.03. The first kappa shape index (κ1) is 9.17. The summed E-state index contributed by atoms with van der Waals surface area (Å²) in [7, 11) is 3.90. The highest BCUT2D eigenvalue weighted by Gasteiger charge is 2.66. The van der Waals surface area contributed by atoms with E-state index in [-0.39, 0.29) is 0 Å². The normalized spacial score (nSPS) is 50.6. The number of fused-ring (bicyclic) bond motifs is 5. The van der Waals surface area contributed by atoms with Crippen LogP contribution in [0.4, 0.5) is 0 Å². The second-order valence-electron chi connectivity index (χ2n) is 5.42. The van der Waals surface area contributed by atoms with Gasteiger partial charge in [0.15, 0.2) is 0 Å². The van der Waals surface area contributed by atoms with E-state index < -0.39 is 0 Å². The molecule has 0 radical (unpaired) electrons. The zero-order chi connectivity index (χ0) is 9.71. The molecular weight excluding hydrogens is 174 g/mol. The van der Waals surface area contributed by atoms with Gasteiger partial charge in [-0.1, -0.05) is 0 Å². The van der Waals surface area contributed by atoms with E-state index in [1.807, 2.05) is 7.11 Å². The molecule has 3 aliphatic rings. The van der Waals surface area contributed by atoms with Crippen LogP contribution in [0.5, 0.6) is 0 Å². The predicted molar refractivity (Wildman–Crippen MR) is 56.0 cm³/mol. The Balaban J connectivity index is 1.66. The lowest BCUT2D eigenvalue weighted by Crippen LogP contribution is -2.34. The monoisotopic (exact) mass is 195 g/mol. The van der Waals surface area contributed by atoms with Gasteiger partial charge in [0.05, 0.1) is 6.61 Å². The highest BCUT2D eigenvalue weighted by molar-refractivity contribution is 5.15. The molecule has 0 aromatic rings. The molecule has 1 N–H and O–H groups in total. The molecule has 0 saturated heterocycles. The van der Waals surface area contributed by atoms with Gasteiger partial charge in [0.1, 0.15) is 0 Å². The quantitative estimate of drug-likeness (QED) is 0.734. The average Bonchev–Trinajstić information content (AvgIpc) is 2.65. The number of methoxy groups -OCH3 is 1. The van der Waals surface area contributed by atoms with Gasteiger partial charge in [-0.05, 0) is 55.9 Å². The maximum atomic E-state index is 5.29. The highest BCUT2D eigenvalue weighted by atomic mass is 16.5. The van der Waals surface area contributed by atoms with Crippen LogP contribution < -0.4 is 5.32 Å². The van der Waals surface area contributed by atoms with Crippen molar-refractivity contribution in [1.82, 2.24) is 5.32 Å². The van der Waals surface area contributed by atoms with E-state index in [9.17, 15) is 0 Å². The molecule has 3 fully saturated rings. The fraction of sp³-hybridized carbons (Fsp3) is 1.00. The van der Waals surface area contributed by atoms with Gasteiger partial charge in [0.25, 0.3) is 0 Å². The van der Waals surface area contributed by atoms with Gasteiger partial charge in [0, 0.05) is 13.2 Å². The molecular formula is C12H21NO. The van der Waals surface area contributed by atoms with Crippen LogP contribution >= 0.6 is 0 Å². The van der Waals surface area contributed by atoms with Gasteiger partial charge in [0.2, 0.25) is 0 Å². The van der Waals surface area contributed by atoms with Crippen LogP contribution in [-0.4, -0.2) is 26.8 Å². The first-order valence-electron chi connectivity index (χ1n) is 6.03. The summed E-state index contributed by atoms with van der Waals surface area (Å²) < 4.78 is 5.29. The molecule has 0 spiro atoms. The summed E-state index contributed by atoms with van der Waals surface area (Å²) in [6.07, 6.45) is 4.59. The molecule has 2 bridgehead atoms. The third-order valence-corrected chi connectivity index (χ3v) is 4.98. The molecule has 3 saturated carbocycles. The average molecular weight is 195 g/mol. The van der Waals surface area contributed by atoms with Gasteiger partial charge in [-0.15, -0.1) is 0 Å². The molecule has 80 valence electrons. The molecule has 5 atom stereocenters. The molecule has 3 aliphatic carbocycles. The summed E-state index contributed by atoms with van der Waals surface area (Å²) in [5, 5.41) is 3.44. The molecule has 5 unspecified atom stereocenters. The third kappa shape index (κ3) is 1.10. The van der Waals surface area contributed by atoms with Crippen molar-refractivity contribution < 1.29 is 4.74 Å². The largest absolute Gasteiger partial charge is 0.383 e. The maximum absolute atomic E-state index is 5.29. The second kappa shape index (κ2) is 3.21. The van der Waals surface area contributed by atoms with Crippen molar-refractivity contribution in [3.63, 3.8) is 0 Å². The van der Waals surface area contributed by atoms with Crippen molar-refractivity contribution in [1.29, 1.82) is 0 Å². The fourth-order valence-electron chi connectivity index (χ4n) is 4.50. The Morgan fingerprint density at radius 2 is 1.93 bits per heavy atom. The summed E-state index contributed by atoms with van der Waals surface area (Å²) >= 11 is 0. The van der Waals surface area contributed by atoms with Crippen LogP contribution in [0.25, 0.3) is 0 Å². The lowest BCUT2D eigenvalue weighted by atomic mass is 9.98. The number of hydrogen-bond donors (Lipinski definition) is 1. The van der Waals surface area contributed by atoms with Crippen LogP contribution in [-0.2, 0) is 4.74 Å². The van der Waals surface area contributed by atoms with Crippen LogP contribution in [0.2, 0.25) is 0 Å². The molecule has 0 aliphatic heterocycles. The number of hydrogen-bond acceptors (Lipinski definition) is 2. The summed E-state index contributed by atoms with van der Waals surface area (Å²) in [6, 6.07) is 0.624. The zero-order valence-electron chi connectivity index (χ0n) is 9.20. The van der Waals surface area contributed by atoms with E-state index in [1.165, 1.54) is 12.8 Å². The summed E-state index contributed by atoms with van der Waals surface area (Å²) in [5.41, 5.74) is 0. The smallest absolute Gasteiger partial charge is 0.0618 e. The van der Waals surface area contributed by atoms with Crippen LogP contribution in [0.3, 0.4) is 0 Å². The van der Waals surface area contributed by atoms with Gasteiger partial charge < -0.3 is 10.1 Å². The Kier molecular flexibility index (Phi) is 2.10. The Morgan fingerprint density at radius 1 is 1.29 bits per heavy atom. The number of rotatable bonds is 4. The molecule has 0 heterocycles. The zero-order valence-corrected chi connectivity index (χ0v) is 9.20. The van der Waals surface area contributed by atoms with E-state index >= 15 is 0 Å². The number of nitrogens with one attached hydrogen (secondary N) is 1. The lowest BCUT2D eigenvalue weighted by Gasteiger charge is -2.18. The predicted octanol–water partition coefficient (Wildman–Crippen LogP) is 1.51. The molecule has 2 heteroatoms. The van der Waals surface area contributed by atoms with E-state index in [4.69, 9.17) is 4.74 Å². The standard InChI is InChI=1S/C12H21NO/c1-13-9(6-14-2)12-10-7-3-4-8(5-7)11(10)12/h7-13H,3-6H2,1-2H3. The summed E-state index contributed by atoms with van der Waals surface area (Å²) in [4.78, 5) is 0. The number of likely N-dealkylation sites (N-methyl/N-ethyl adjacent to an activating group) is 1. The van der Waals surface area contributed by atoms with Gasteiger partial charge in [-0.3, -0.25) is 0 Å². The minimum Gasteiger partial charge on any atom is -0.383 e. The Morgan fingerprint density at radius 3 is 2.43 bits per heavy atom. The molecule has 0 aromatic carbocycles. The fourth-order valence-corrected chi connectivity index (χ4v) is 4.50. The summed E-state index contributed by atoms with van der Waals surface area (Å²) in [5.74, 6) is 5.26. The Hall–Kier alpha value is -0.0800. The van der Waals surface area contributed by atoms with E-state index in [1.54, 1.807) is 6.42 Å². The van der Waals surface area contributed by atoms with Crippen molar-refractivity contribution in [2.24, 2.45) is 29.6 Å². The molecule has 0 amide bonds. The SMILES string of the molecule is CNC(COC)C1C2C3CCC(C3)C21.